The number of nitrogens with one attached hydrogen (secondary N) is 1. The summed E-state index contributed by atoms with van der Waals surface area (Å²) >= 11 is 0. The minimum Gasteiger partial charge on any atom is -0.324 e. The molecule has 19 heavy (non-hydrogen) atoms. The van der Waals surface area contributed by atoms with Crippen LogP contribution in [-0.4, -0.2) is 21.7 Å². The van der Waals surface area contributed by atoms with Crippen molar-refractivity contribution in [2.24, 2.45) is 17.7 Å². The Bertz CT molecular complexity index is 509. The largest absolute Gasteiger partial charge is 0.324 e. The predicted octanol–water partition coefficient (Wildman–Crippen LogP) is 0.652. The number of likely N-dealkylation sites (tertiary alicyclic amines) is 1. The lowest BCUT2D eigenvalue weighted by atomic mass is 10.00. The van der Waals surface area contributed by atoms with Crippen molar-refractivity contribution in [2.45, 2.75) is 25.8 Å². The zero-order chi connectivity index (χ0) is 13.4. The summed E-state index contributed by atoms with van der Waals surface area (Å²) in [5.41, 5.74) is 3.90. The van der Waals surface area contributed by atoms with Gasteiger partial charge in [-0.05, 0) is 25.0 Å². The fourth-order valence-corrected chi connectivity index (χ4v) is 3.03. The molecular weight excluding hydrogens is 244 g/mol. The Morgan fingerprint density at radius 2 is 2.00 bits per heavy atom. The molecule has 3 N–H and O–H groups in total. The summed E-state index contributed by atoms with van der Waals surface area (Å²) in [5, 5.41) is 0. The molecule has 1 aromatic heterocycles. The van der Waals surface area contributed by atoms with Gasteiger partial charge in [-0.25, -0.2) is 0 Å². The smallest absolute Gasteiger partial charge is 0.233 e. The maximum atomic E-state index is 12.2. The number of aromatic nitrogens is 1. The number of hydrogen-bond acceptors (Lipinski definition) is 5. The highest BCUT2D eigenvalue weighted by molar-refractivity contribution is 6.05. The van der Waals surface area contributed by atoms with Crippen LogP contribution in [0.3, 0.4) is 0 Å². The van der Waals surface area contributed by atoms with Crippen LogP contribution in [0.5, 0.6) is 0 Å². The van der Waals surface area contributed by atoms with Crippen LogP contribution in [0.4, 0.5) is 5.69 Å². The molecule has 1 aromatic rings. The Balaban J connectivity index is 1.79. The molecular formula is C13H16N4O2. The first-order valence-electron chi connectivity index (χ1n) is 6.47. The van der Waals surface area contributed by atoms with E-state index in [0.29, 0.717) is 11.4 Å². The minimum absolute atomic E-state index is 0.0413. The summed E-state index contributed by atoms with van der Waals surface area (Å²) in [5.74, 6) is 5.06. The van der Waals surface area contributed by atoms with Crippen LogP contribution >= 0.6 is 0 Å². The number of hydrazine groups is 1. The van der Waals surface area contributed by atoms with Crippen molar-refractivity contribution >= 4 is 17.5 Å². The van der Waals surface area contributed by atoms with Crippen molar-refractivity contribution in [1.29, 1.82) is 0 Å². The second kappa shape index (κ2) is 4.62. The molecule has 2 atom stereocenters. The average Bonchev–Trinajstić information content (AvgIpc) is 2.99. The third kappa shape index (κ3) is 1.98. The monoisotopic (exact) mass is 260 g/mol. The first-order valence-corrected chi connectivity index (χ1v) is 6.47. The first kappa shape index (κ1) is 12.1. The van der Waals surface area contributed by atoms with Crippen LogP contribution in [0.25, 0.3) is 0 Å². The number of pyridine rings is 1. The molecule has 1 saturated heterocycles. The number of imide groups is 1. The normalized spacial score (nSPS) is 25.8. The van der Waals surface area contributed by atoms with E-state index in [2.05, 4.69) is 10.4 Å². The third-order valence-corrected chi connectivity index (χ3v) is 3.99. The van der Waals surface area contributed by atoms with E-state index in [4.69, 9.17) is 5.84 Å². The lowest BCUT2D eigenvalue weighted by molar-refractivity contribution is -0.141. The molecule has 0 aromatic carbocycles. The van der Waals surface area contributed by atoms with Crippen LogP contribution in [0, 0.1) is 11.8 Å². The molecule has 2 fully saturated rings. The summed E-state index contributed by atoms with van der Waals surface area (Å²) < 4.78 is 0. The van der Waals surface area contributed by atoms with Crippen LogP contribution < -0.4 is 11.3 Å². The number of nitrogens with two attached hydrogens (primary N) is 1. The number of carbonyl (C=O) groups is 2. The highest BCUT2D eigenvalue weighted by Gasteiger charge is 2.49. The van der Waals surface area contributed by atoms with Gasteiger partial charge in [-0.1, -0.05) is 6.42 Å². The molecule has 100 valence electrons. The van der Waals surface area contributed by atoms with Gasteiger partial charge in [-0.2, -0.15) is 0 Å². The predicted molar refractivity (Wildman–Crippen MR) is 68.4 cm³/mol. The van der Waals surface area contributed by atoms with Crippen molar-refractivity contribution in [3.05, 3.63) is 24.0 Å². The minimum atomic E-state index is -0.0942. The lowest BCUT2D eigenvalue weighted by Gasteiger charge is -2.15. The number of nitrogens with zero attached hydrogens (tertiary/aromatic N) is 2. The van der Waals surface area contributed by atoms with Gasteiger partial charge in [-0.3, -0.25) is 25.3 Å². The van der Waals surface area contributed by atoms with Crippen molar-refractivity contribution in [3.8, 4) is 0 Å². The van der Waals surface area contributed by atoms with Gasteiger partial charge in [-0.15, -0.1) is 0 Å². The molecule has 6 heteroatoms. The molecule has 3 rings (SSSR count). The highest BCUT2D eigenvalue weighted by Crippen LogP contribution is 2.40. The number of hydrogen-bond donors (Lipinski definition) is 2. The summed E-state index contributed by atoms with van der Waals surface area (Å²) in [6.45, 7) is 0.236. The van der Waals surface area contributed by atoms with Crippen molar-refractivity contribution in [3.63, 3.8) is 0 Å². The zero-order valence-corrected chi connectivity index (χ0v) is 10.5. The van der Waals surface area contributed by atoms with Gasteiger partial charge in [0, 0.05) is 6.20 Å². The van der Waals surface area contributed by atoms with E-state index in [1.165, 1.54) is 4.90 Å². The lowest BCUT2D eigenvalue weighted by Crippen LogP contribution is -2.31. The number of nitrogen functional groups attached to an aromatic ring is 1. The van der Waals surface area contributed by atoms with Gasteiger partial charge in [0.1, 0.15) is 0 Å². The van der Waals surface area contributed by atoms with Crippen LogP contribution in [0.1, 0.15) is 25.0 Å². The van der Waals surface area contributed by atoms with Gasteiger partial charge in [0.2, 0.25) is 11.8 Å². The van der Waals surface area contributed by atoms with E-state index >= 15 is 0 Å². The number of amides is 2. The Labute approximate surface area is 111 Å². The van der Waals surface area contributed by atoms with E-state index < -0.39 is 0 Å². The SMILES string of the molecule is NNc1ccnc(CN2C(=O)C3CCCC3C2=O)c1. The summed E-state index contributed by atoms with van der Waals surface area (Å²) in [6, 6.07) is 3.47. The molecule has 1 saturated carbocycles. The van der Waals surface area contributed by atoms with Gasteiger partial charge in [0.05, 0.1) is 29.8 Å². The number of carbonyl (C=O) groups excluding carboxylic acids is 2. The fraction of sp³-hybridized carbons (Fsp3) is 0.462. The van der Waals surface area contributed by atoms with Crippen molar-refractivity contribution < 1.29 is 9.59 Å². The van der Waals surface area contributed by atoms with Gasteiger partial charge in [0.25, 0.3) is 0 Å². The molecule has 0 spiro atoms. The van der Waals surface area contributed by atoms with Gasteiger partial charge in [0.15, 0.2) is 0 Å². The standard InChI is InChI=1S/C13H16N4O2/c14-16-8-4-5-15-9(6-8)7-17-12(18)10-2-1-3-11(10)13(17)19/h4-6,10-11H,1-3,7,14H2,(H,15,16). The van der Waals surface area contributed by atoms with E-state index in [9.17, 15) is 9.59 Å². The summed E-state index contributed by atoms with van der Waals surface area (Å²) in [7, 11) is 0. The molecule has 1 aliphatic heterocycles. The molecule has 0 radical (unpaired) electrons. The summed E-state index contributed by atoms with van der Waals surface area (Å²) in [4.78, 5) is 29.9. The molecule has 2 aliphatic rings. The molecule has 6 nitrogen and oxygen atoms in total. The van der Waals surface area contributed by atoms with E-state index in [1.54, 1.807) is 18.3 Å². The van der Waals surface area contributed by atoms with Crippen LogP contribution in [-0.2, 0) is 16.1 Å². The topological polar surface area (TPSA) is 88.3 Å². The van der Waals surface area contributed by atoms with Crippen molar-refractivity contribution in [1.82, 2.24) is 9.88 Å². The molecule has 2 heterocycles. The van der Waals surface area contributed by atoms with Gasteiger partial charge >= 0.3 is 0 Å². The average molecular weight is 260 g/mol. The number of anilines is 1. The molecule has 1 aliphatic carbocycles. The number of rotatable bonds is 3. The molecule has 0 bridgehead atoms. The van der Waals surface area contributed by atoms with E-state index in [-0.39, 0.29) is 30.2 Å². The Morgan fingerprint density at radius 3 is 2.63 bits per heavy atom. The second-order valence-corrected chi connectivity index (χ2v) is 5.09. The maximum Gasteiger partial charge on any atom is 0.233 e. The molecule has 2 amide bonds. The Hall–Kier alpha value is -1.95. The third-order valence-electron chi connectivity index (χ3n) is 3.99. The van der Waals surface area contributed by atoms with E-state index in [1.807, 2.05) is 0 Å². The van der Waals surface area contributed by atoms with Gasteiger partial charge < -0.3 is 5.43 Å². The fourth-order valence-electron chi connectivity index (χ4n) is 3.03. The van der Waals surface area contributed by atoms with Crippen LogP contribution in [0.15, 0.2) is 18.3 Å². The first-order chi connectivity index (χ1) is 9.20. The zero-order valence-electron chi connectivity index (χ0n) is 10.5. The Kier molecular flexibility index (Phi) is 2.94. The Morgan fingerprint density at radius 1 is 1.32 bits per heavy atom. The number of fused-ring (bicyclic) bond motifs is 1. The second-order valence-electron chi connectivity index (χ2n) is 5.09. The highest BCUT2D eigenvalue weighted by atomic mass is 16.2. The summed E-state index contributed by atoms with van der Waals surface area (Å²) in [6.07, 6.45) is 4.26. The van der Waals surface area contributed by atoms with Crippen molar-refractivity contribution in [2.75, 3.05) is 5.43 Å². The maximum absolute atomic E-state index is 12.2. The molecule has 2 unspecified atom stereocenters. The van der Waals surface area contributed by atoms with Crippen LogP contribution in [0.2, 0.25) is 0 Å². The quantitative estimate of drug-likeness (QED) is 0.473. The van der Waals surface area contributed by atoms with E-state index in [0.717, 1.165) is 19.3 Å².